The van der Waals surface area contributed by atoms with E-state index in [0.29, 0.717) is 18.6 Å². The maximum Gasteiger partial charge on any atom is 0.326 e. The summed E-state index contributed by atoms with van der Waals surface area (Å²) in [5.41, 5.74) is -0.284. The monoisotopic (exact) mass is 614 g/mol. The number of likely N-dealkylation sites (tertiary alicyclic amines) is 1. The van der Waals surface area contributed by atoms with E-state index in [9.17, 15) is 37.6 Å². The molecule has 230 valence electrons. The van der Waals surface area contributed by atoms with Crippen molar-refractivity contribution < 1.29 is 42.3 Å². The van der Waals surface area contributed by atoms with E-state index < -0.39 is 51.0 Å². The number of aromatic hydroxyl groups is 1. The number of rotatable bonds is 13. The third kappa shape index (κ3) is 7.90. The van der Waals surface area contributed by atoms with Gasteiger partial charge in [-0.15, -0.1) is 0 Å². The zero-order valence-electron chi connectivity index (χ0n) is 23.5. The number of aliphatic carboxylic acids is 1. The van der Waals surface area contributed by atoms with E-state index >= 15 is 0 Å². The quantitative estimate of drug-likeness (QED) is 0.163. The summed E-state index contributed by atoms with van der Waals surface area (Å²) in [6, 6.07) is 9.22. The molecule has 2 heterocycles. The van der Waals surface area contributed by atoms with E-state index in [1.54, 1.807) is 12.1 Å². The van der Waals surface area contributed by atoms with E-state index in [0.717, 1.165) is 25.3 Å². The minimum absolute atomic E-state index is 0.0336. The Kier molecular flexibility index (Phi) is 10.0. The van der Waals surface area contributed by atoms with E-state index in [1.807, 2.05) is 0 Å². The van der Waals surface area contributed by atoms with Crippen LogP contribution in [-0.4, -0.2) is 74.1 Å². The van der Waals surface area contributed by atoms with Crippen LogP contribution in [0.1, 0.15) is 61.8 Å². The number of phenolic OH excluding ortho intramolecular Hbond substituents is 1. The Bertz CT molecular complexity index is 1560. The predicted molar refractivity (Wildman–Crippen MR) is 155 cm³/mol. The molecule has 43 heavy (non-hydrogen) atoms. The lowest BCUT2D eigenvalue weighted by Gasteiger charge is -2.27. The minimum atomic E-state index is -4.66. The zero-order valence-corrected chi connectivity index (χ0v) is 24.3. The van der Waals surface area contributed by atoms with Gasteiger partial charge in [0.2, 0.25) is 5.91 Å². The first-order valence-corrected chi connectivity index (χ1v) is 15.3. The number of phenols is 1. The van der Waals surface area contributed by atoms with Crippen LogP contribution in [0.25, 0.3) is 0 Å². The standard InChI is InChI=1S/C29H34N4O9S/c1-2-3-4-5-9-23(28(36)33-16-21(15-24(33)29(37)38)42-20-13-11-19(34)12-14-20)32-17-26(30-18-32)31-27(35)22-8-6-7-10-25(22)43(39,40)41/h6-8,10-14,17-18,21,23-24,34H,2-5,9,15-16H2,1H3,(H,31,35)(H,37,38)(H,39,40,41)/t21?,23?,24-/m0/s1. The topological polar surface area (TPSA) is 188 Å². The molecule has 4 rings (SSSR count). The molecule has 0 saturated carbocycles. The Labute approximate surface area is 248 Å². The van der Waals surface area contributed by atoms with Gasteiger partial charge in [0, 0.05) is 12.6 Å². The van der Waals surface area contributed by atoms with Crippen molar-refractivity contribution in [2.24, 2.45) is 0 Å². The highest BCUT2D eigenvalue weighted by molar-refractivity contribution is 7.86. The van der Waals surface area contributed by atoms with Crippen LogP contribution >= 0.6 is 0 Å². The summed E-state index contributed by atoms with van der Waals surface area (Å²) in [4.78, 5) is 43.8. The molecule has 0 bridgehead atoms. The van der Waals surface area contributed by atoms with Gasteiger partial charge in [-0.3, -0.25) is 14.1 Å². The largest absolute Gasteiger partial charge is 0.508 e. The van der Waals surface area contributed by atoms with Crippen molar-refractivity contribution in [3.8, 4) is 11.5 Å². The predicted octanol–water partition coefficient (Wildman–Crippen LogP) is 3.73. The number of hydrogen-bond acceptors (Lipinski definition) is 8. The number of hydrogen-bond donors (Lipinski definition) is 4. The molecule has 1 fully saturated rings. The SMILES string of the molecule is CCCCCCC(C(=O)N1CC(Oc2ccc(O)cc2)C[C@H]1C(=O)O)n1cnc(NC(=O)c2ccccc2S(=O)(=O)O)c1. The van der Waals surface area contributed by atoms with Crippen molar-refractivity contribution in [2.45, 2.75) is 68.5 Å². The zero-order chi connectivity index (χ0) is 31.1. The number of carbonyl (C=O) groups excluding carboxylic acids is 2. The van der Waals surface area contributed by atoms with E-state index in [-0.39, 0.29) is 30.1 Å². The number of carboxylic acids is 1. The van der Waals surface area contributed by atoms with Crippen LogP contribution in [0.4, 0.5) is 5.82 Å². The second-order valence-corrected chi connectivity index (χ2v) is 11.7. The van der Waals surface area contributed by atoms with Crippen LogP contribution < -0.4 is 10.1 Å². The van der Waals surface area contributed by atoms with Crippen LogP contribution in [-0.2, 0) is 19.7 Å². The Morgan fingerprint density at radius 3 is 2.49 bits per heavy atom. The Morgan fingerprint density at radius 1 is 1.09 bits per heavy atom. The number of nitrogens with zero attached hydrogens (tertiary/aromatic N) is 3. The van der Waals surface area contributed by atoms with Gasteiger partial charge in [0.25, 0.3) is 16.0 Å². The number of ether oxygens (including phenoxy) is 1. The van der Waals surface area contributed by atoms with Gasteiger partial charge in [-0.2, -0.15) is 8.42 Å². The Balaban J connectivity index is 1.55. The first kappa shape index (κ1) is 31.5. The molecule has 2 aromatic carbocycles. The molecule has 2 amide bonds. The number of benzene rings is 2. The molecule has 1 aliphatic rings. The van der Waals surface area contributed by atoms with Crippen molar-refractivity contribution in [3.05, 3.63) is 66.6 Å². The molecule has 0 spiro atoms. The van der Waals surface area contributed by atoms with E-state index in [1.165, 1.54) is 52.3 Å². The number of aromatic nitrogens is 2. The number of anilines is 1. The van der Waals surface area contributed by atoms with Gasteiger partial charge < -0.3 is 29.7 Å². The lowest BCUT2D eigenvalue weighted by Crippen LogP contribution is -2.44. The fraction of sp³-hybridized carbons (Fsp3) is 0.379. The van der Waals surface area contributed by atoms with Crippen molar-refractivity contribution in [3.63, 3.8) is 0 Å². The fourth-order valence-electron chi connectivity index (χ4n) is 5.07. The molecule has 2 unspecified atom stereocenters. The molecule has 1 aliphatic heterocycles. The third-order valence-electron chi connectivity index (χ3n) is 7.20. The number of imidazole rings is 1. The molecule has 1 saturated heterocycles. The lowest BCUT2D eigenvalue weighted by molar-refractivity contribution is -0.149. The molecule has 0 radical (unpaired) electrons. The number of carbonyl (C=O) groups is 3. The fourth-order valence-corrected chi connectivity index (χ4v) is 5.76. The van der Waals surface area contributed by atoms with Crippen LogP contribution in [0.5, 0.6) is 11.5 Å². The number of nitrogens with one attached hydrogen (secondary N) is 1. The van der Waals surface area contributed by atoms with Gasteiger partial charge >= 0.3 is 5.97 Å². The molecule has 1 aromatic heterocycles. The van der Waals surface area contributed by atoms with Gasteiger partial charge in [-0.1, -0.05) is 44.7 Å². The molecular formula is C29H34N4O9S. The summed E-state index contributed by atoms with van der Waals surface area (Å²) < 4.78 is 40.3. The first-order chi connectivity index (χ1) is 20.5. The summed E-state index contributed by atoms with van der Waals surface area (Å²) in [6.07, 6.45) is 6.14. The molecule has 14 heteroatoms. The molecule has 13 nitrogen and oxygen atoms in total. The van der Waals surface area contributed by atoms with Gasteiger partial charge in [0.05, 0.1) is 18.4 Å². The molecule has 3 atom stereocenters. The van der Waals surface area contributed by atoms with Gasteiger partial charge in [0.1, 0.15) is 34.6 Å². The van der Waals surface area contributed by atoms with E-state index in [4.69, 9.17) is 4.74 Å². The maximum atomic E-state index is 13.9. The smallest absolute Gasteiger partial charge is 0.326 e. The highest BCUT2D eigenvalue weighted by Crippen LogP contribution is 2.29. The average molecular weight is 615 g/mol. The summed E-state index contributed by atoms with van der Waals surface area (Å²) in [5, 5.41) is 21.9. The van der Waals surface area contributed by atoms with Crippen LogP contribution in [0.3, 0.4) is 0 Å². The Hall–Kier alpha value is -4.43. The van der Waals surface area contributed by atoms with Crippen molar-refractivity contribution >= 4 is 33.7 Å². The van der Waals surface area contributed by atoms with E-state index in [2.05, 4.69) is 17.2 Å². The summed E-state index contributed by atoms with van der Waals surface area (Å²) in [5.74, 6) is -1.90. The summed E-state index contributed by atoms with van der Waals surface area (Å²) >= 11 is 0. The first-order valence-electron chi connectivity index (χ1n) is 13.9. The Morgan fingerprint density at radius 2 is 1.81 bits per heavy atom. The van der Waals surface area contributed by atoms with Crippen molar-refractivity contribution in [2.75, 3.05) is 11.9 Å². The lowest BCUT2D eigenvalue weighted by atomic mass is 10.1. The molecular weight excluding hydrogens is 580 g/mol. The summed E-state index contributed by atoms with van der Waals surface area (Å²) in [7, 11) is -4.66. The maximum absolute atomic E-state index is 13.9. The molecule has 3 aromatic rings. The third-order valence-corrected chi connectivity index (χ3v) is 8.11. The van der Waals surface area contributed by atoms with Crippen molar-refractivity contribution in [1.82, 2.24) is 14.5 Å². The number of carboxylic acid groups (broad SMARTS) is 1. The number of amides is 2. The second-order valence-electron chi connectivity index (χ2n) is 10.3. The normalized spacial score (nSPS) is 17.4. The van der Waals surface area contributed by atoms with Crippen LogP contribution in [0.2, 0.25) is 0 Å². The highest BCUT2D eigenvalue weighted by atomic mass is 32.2. The van der Waals surface area contributed by atoms with Crippen LogP contribution in [0.15, 0.2) is 66.0 Å². The second kappa shape index (κ2) is 13.7. The van der Waals surface area contributed by atoms with Crippen LogP contribution in [0, 0.1) is 0 Å². The molecule has 0 aliphatic carbocycles. The average Bonchev–Trinajstić information content (AvgIpc) is 3.61. The van der Waals surface area contributed by atoms with Crippen molar-refractivity contribution in [1.29, 1.82) is 0 Å². The van der Waals surface area contributed by atoms with Gasteiger partial charge in [-0.05, 0) is 42.8 Å². The number of unbranched alkanes of at least 4 members (excludes halogenated alkanes) is 3. The summed E-state index contributed by atoms with van der Waals surface area (Å²) in [6.45, 7) is 2.09. The highest BCUT2D eigenvalue weighted by Gasteiger charge is 2.43. The van der Waals surface area contributed by atoms with Gasteiger partial charge in [-0.25, -0.2) is 9.78 Å². The minimum Gasteiger partial charge on any atom is -0.508 e. The van der Waals surface area contributed by atoms with Gasteiger partial charge in [0.15, 0.2) is 5.82 Å². The molecule has 4 N–H and O–H groups in total.